The third-order valence-electron chi connectivity index (χ3n) is 8.82. The van der Waals surface area contributed by atoms with Gasteiger partial charge in [0.15, 0.2) is 17.5 Å². The molecule has 230 valence electrons. The maximum absolute atomic E-state index is 12.9. The lowest BCUT2D eigenvalue weighted by Gasteiger charge is -2.19. The van der Waals surface area contributed by atoms with E-state index >= 15 is 0 Å². The van der Waals surface area contributed by atoms with Crippen LogP contribution in [0.3, 0.4) is 0 Å². The topological polar surface area (TPSA) is 55.7 Å². The molecule has 0 aliphatic heterocycles. The van der Waals surface area contributed by atoms with Crippen LogP contribution in [0.5, 0.6) is 0 Å². The molecule has 0 saturated heterocycles. The Balaban J connectivity index is 1.41. The first kappa shape index (κ1) is 29.7. The van der Waals surface area contributed by atoms with Crippen LogP contribution in [0.15, 0.2) is 158 Å². The Bertz CT molecular complexity index is 2420. The summed E-state index contributed by atoms with van der Waals surface area (Å²) in [7, 11) is -2.40. The lowest BCUT2D eigenvalue weighted by atomic mass is 9.84. The number of hydrogen-bond donors (Lipinski definition) is 0. The van der Waals surface area contributed by atoms with Gasteiger partial charge in [-0.25, -0.2) is 15.0 Å². The Kier molecular flexibility index (Phi) is 7.51. The van der Waals surface area contributed by atoms with Crippen molar-refractivity contribution < 1.29 is 4.57 Å². The number of hydrogen-bond acceptors (Lipinski definition) is 4. The first-order valence-electron chi connectivity index (χ1n) is 16.0. The minimum atomic E-state index is -2.40. The molecular formula is C43H32N3OP. The summed E-state index contributed by atoms with van der Waals surface area (Å²) >= 11 is 0. The molecule has 0 bridgehead atoms. The molecule has 0 aliphatic carbocycles. The molecule has 8 rings (SSSR count). The molecule has 0 N–H and O–H groups in total. The lowest BCUT2D eigenvalue weighted by Crippen LogP contribution is -2.02. The molecule has 4 nitrogen and oxygen atoms in total. The molecule has 0 amide bonds. The van der Waals surface area contributed by atoms with Crippen molar-refractivity contribution in [3.05, 3.63) is 158 Å². The van der Waals surface area contributed by atoms with E-state index in [0.717, 1.165) is 60.2 Å². The number of benzene rings is 7. The Morgan fingerprint density at radius 1 is 0.375 bits per heavy atom. The zero-order chi connectivity index (χ0) is 32.7. The summed E-state index contributed by atoms with van der Waals surface area (Å²) in [5.74, 6) is 1.89. The third-order valence-corrected chi connectivity index (χ3v) is 10.4. The van der Waals surface area contributed by atoms with Crippen LogP contribution in [0.25, 0.3) is 78.0 Å². The molecule has 48 heavy (non-hydrogen) atoms. The van der Waals surface area contributed by atoms with Gasteiger partial charge in [-0.05, 0) is 63.2 Å². The molecule has 0 unspecified atom stereocenters. The SMILES string of the molecule is CP(C)(=O)c1ccc(-c2c(-c3ccccc3)c3ccccc3c3cc(-c4nc(-c5ccccc5)nc(-c5ccccc5)n4)ccc23)cc1. The Hall–Kier alpha value is -5.70. The van der Waals surface area contributed by atoms with Gasteiger partial charge in [0.1, 0.15) is 7.14 Å². The van der Waals surface area contributed by atoms with Crippen LogP contribution in [-0.4, -0.2) is 28.3 Å². The predicted molar refractivity (Wildman–Crippen MR) is 201 cm³/mol. The van der Waals surface area contributed by atoms with Gasteiger partial charge >= 0.3 is 0 Å². The van der Waals surface area contributed by atoms with E-state index in [2.05, 4.69) is 84.9 Å². The third kappa shape index (κ3) is 5.51. The maximum atomic E-state index is 12.9. The molecule has 8 aromatic rings. The second-order valence-corrected chi connectivity index (χ2v) is 15.6. The highest BCUT2D eigenvalue weighted by Gasteiger charge is 2.20. The zero-order valence-electron chi connectivity index (χ0n) is 26.7. The van der Waals surface area contributed by atoms with Crippen LogP contribution in [-0.2, 0) is 4.57 Å². The van der Waals surface area contributed by atoms with E-state index in [1.54, 1.807) is 0 Å². The molecule has 1 heterocycles. The van der Waals surface area contributed by atoms with Gasteiger partial charge in [0.05, 0.1) is 0 Å². The highest BCUT2D eigenvalue weighted by molar-refractivity contribution is 7.70. The van der Waals surface area contributed by atoms with Crippen molar-refractivity contribution in [2.75, 3.05) is 13.3 Å². The van der Waals surface area contributed by atoms with Gasteiger partial charge in [0.25, 0.3) is 0 Å². The fourth-order valence-electron chi connectivity index (χ4n) is 6.46. The normalized spacial score (nSPS) is 11.6. The minimum Gasteiger partial charge on any atom is -0.319 e. The largest absolute Gasteiger partial charge is 0.319 e. The molecular weight excluding hydrogens is 605 g/mol. The van der Waals surface area contributed by atoms with Crippen molar-refractivity contribution in [3.8, 4) is 56.4 Å². The standard InChI is InChI=1S/C43H32N3OP/c1-48(2,47)34-25-22-30(23-26-34)40-37-27-24-33(28-38(37)35-20-12-13-21-36(35)39(40)29-14-6-3-7-15-29)43-45-41(31-16-8-4-9-17-31)44-42(46-43)32-18-10-5-11-19-32/h3-28H,1-2H3. The predicted octanol–water partition coefficient (Wildman–Crippen LogP) is 10.8. The van der Waals surface area contributed by atoms with E-state index in [1.807, 2.05) is 86.1 Å². The van der Waals surface area contributed by atoms with Crippen molar-refractivity contribution in [1.82, 2.24) is 15.0 Å². The maximum Gasteiger partial charge on any atom is 0.164 e. The summed E-state index contributed by atoms with van der Waals surface area (Å²) in [6, 6.07) is 54.1. The molecule has 0 aliphatic rings. The van der Waals surface area contributed by atoms with Crippen molar-refractivity contribution in [1.29, 1.82) is 0 Å². The number of aromatic nitrogens is 3. The van der Waals surface area contributed by atoms with E-state index in [1.165, 1.54) is 5.56 Å². The number of rotatable bonds is 6. The van der Waals surface area contributed by atoms with Gasteiger partial charge in [-0.3, -0.25) is 0 Å². The Labute approximate surface area is 280 Å². The summed E-state index contributed by atoms with van der Waals surface area (Å²) in [6.45, 7) is 3.63. The molecule has 5 heteroatoms. The molecule has 0 spiro atoms. The van der Waals surface area contributed by atoms with Crippen LogP contribution >= 0.6 is 7.14 Å². The van der Waals surface area contributed by atoms with Gasteiger partial charge < -0.3 is 4.57 Å². The van der Waals surface area contributed by atoms with E-state index in [4.69, 9.17) is 15.0 Å². The first-order valence-corrected chi connectivity index (χ1v) is 18.6. The van der Waals surface area contributed by atoms with Crippen LogP contribution in [0.4, 0.5) is 0 Å². The van der Waals surface area contributed by atoms with E-state index in [9.17, 15) is 4.57 Å². The lowest BCUT2D eigenvalue weighted by molar-refractivity contribution is 0.588. The minimum absolute atomic E-state index is 0.619. The summed E-state index contributed by atoms with van der Waals surface area (Å²) in [4.78, 5) is 14.9. The fourth-order valence-corrected chi connectivity index (χ4v) is 7.33. The first-order chi connectivity index (χ1) is 23.4. The summed E-state index contributed by atoms with van der Waals surface area (Å²) < 4.78 is 12.9. The highest BCUT2D eigenvalue weighted by atomic mass is 31.2. The number of fused-ring (bicyclic) bond motifs is 3. The van der Waals surface area contributed by atoms with Gasteiger partial charge in [-0.2, -0.15) is 0 Å². The zero-order valence-corrected chi connectivity index (χ0v) is 27.6. The quantitative estimate of drug-likeness (QED) is 0.134. The van der Waals surface area contributed by atoms with Crippen molar-refractivity contribution in [2.24, 2.45) is 0 Å². The molecule has 1 aromatic heterocycles. The summed E-state index contributed by atoms with van der Waals surface area (Å²) in [6.07, 6.45) is 0. The second kappa shape index (κ2) is 12.2. The molecule has 7 aromatic carbocycles. The fraction of sp³-hybridized carbons (Fsp3) is 0.0465. The van der Waals surface area contributed by atoms with Crippen LogP contribution in [0, 0.1) is 0 Å². The average molecular weight is 638 g/mol. The monoisotopic (exact) mass is 637 g/mol. The van der Waals surface area contributed by atoms with E-state index in [0.29, 0.717) is 17.5 Å². The molecule has 0 fully saturated rings. The smallest absolute Gasteiger partial charge is 0.164 e. The van der Waals surface area contributed by atoms with Gasteiger partial charge in [0, 0.05) is 22.0 Å². The van der Waals surface area contributed by atoms with Crippen molar-refractivity contribution in [2.45, 2.75) is 0 Å². The van der Waals surface area contributed by atoms with E-state index in [-0.39, 0.29) is 0 Å². The van der Waals surface area contributed by atoms with Crippen LogP contribution in [0.2, 0.25) is 0 Å². The average Bonchev–Trinajstić information content (AvgIpc) is 3.14. The summed E-state index contributed by atoms with van der Waals surface area (Å²) in [5.41, 5.74) is 7.32. The summed E-state index contributed by atoms with van der Waals surface area (Å²) in [5, 5.41) is 5.43. The molecule has 0 atom stereocenters. The molecule has 0 radical (unpaired) electrons. The van der Waals surface area contributed by atoms with Gasteiger partial charge in [-0.15, -0.1) is 0 Å². The van der Waals surface area contributed by atoms with Crippen LogP contribution < -0.4 is 5.30 Å². The van der Waals surface area contributed by atoms with Crippen LogP contribution in [0.1, 0.15) is 0 Å². The molecule has 0 saturated carbocycles. The van der Waals surface area contributed by atoms with Crippen molar-refractivity contribution >= 4 is 34.0 Å². The number of nitrogens with zero attached hydrogens (tertiary/aromatic N) is 3. The van der Waals surface area contributed by atoms with Crippen molar-refractivity contribution in [3.63, 3.8) is 0 Å². The Morgan fingerprint density at radius 3 is 1.29 bits per heavy atom. The van der Waals surface area contributed by atoms with Gasteiger partial charge in [0.2, 0.25) is 0 Å². The second-order valence-electron chi connectivity index (χ2n) is 12.4. The highest BCUT2D eigenvalue weighted by Crippen LogP contribution is 2.45. The van der Waals surface area contributed by atoms with Gasteiger partial charge in [-0.1, -0.05) is 152 Å². The Morgan fingerprint density at radius 2 is 0.771 bits per heavy atom. The van der Waals surface area contributed by atoms with E-state index < -0.39 is 7.14 Å².